The maximum atomic E-state index is 10.1. The van der Waals surface area contributed by atoms with E-state index in [1.807, 2.05) is 25.2 Å². The van der Waals surface area contributed by atoms with Gasteiger partial charge in [0.2, 0.25) is 0 Å². The highest BCUT2D eigenvalue weighted by atomic mass is 79.9. The summed E-state index contributed by atoms with van der Waals surface area (Å²) in [6.07, 6.45) is 1.71. The van der Waals surface area contributed by atoms with E-state index < -0.39 is 0 Å². The molecule has 0 spiro atoms. The SMILES string of the molecule is CNCCNc1cc(-c2ccccc2O)nc2c(Br)cnn12. The van der Waals surface area contributed by atoms with Crippen molar-refractivity contribution >= 4 is 27.4 Å². The highest BCUT2D eigenvalue weighted by molar-refractivity contribution is 9.10. The van der Waals surface area contributed by atoms with Crippen LogP contribution >= 0.6 is 15.9 Å². The third-order valence-electron chi connectivity index (χ3n) is 3.29. The molecule has 0 aliphatic carbocycles. The minimum absolute atomic E-state index is 0.205. The molecule has 0 aliphatic rings. The number of rotatable bonds is 5. The Kier molecular flexibility index (Phi) is 4.26. The number of para-hydroxylation sites is 1. The molecule has 0 saturated heterocycles. The minimum atomic E-state index is 0.205. The molecule has 3 aromatic rings. The highest BCUT2D eigenvalue weighted by Crippen LogP contribution is 2.30. The third-order valence-corrected chi connectivity index (χ3v) is 3.85. The van der Waals surface area contributed by atoms with E-state index in [9.17, 15) is 5.11 Å². The molecule has 3 N–H and O–H groups in total. The number of anilines is 1. The quantitative estimate of drug-likeness (QED) is 0.608. The Hall–Kier alpha value is -2.12. The lowest BCUT2D eigenvalue weighted by molar-refractivity contribution is 0.477. The second kappa shape index (κ2) is 6.33. The summed E-state index contributed by atoms with van der Waals surface area (Å²) >= 11 is 3.46. The van der Waals surface area contributed by atoms with E-state index in [0.717, 1.165) is 23.4 Å². The Morgan fingerprint density at radius 2 is 2.09 bits per heavy atom. The van der Waals surface area contributed by atoms with Gasteiger partial charge in [-0.3, -0.25) is 0 Å². The van der Waals surface area contributed by atoms with E-state index in [-0.39, 0.29) is 5.75 Å². The van der Waals surface area contributed by atoms with Crippen LogP contribution in [0.5, 0.6) is 5.75 Å². The number of phenolic OH excluding ortho intramolecular Hbond substituents is 1. The second-order valence-electron chi connectivity index (χ2n) is 4.80. The Morgan fingerprint density at radius 1 is 1.27 bits per heavy atom. The van der Waals surface area contributed by atoms with Gasteiger partial charge in [0.1, 0.15) is 11.6 Å². The molecule has 0 atom stereocenters. The van der Waals surface area contributed by atoms with Crippen LogP contribution in [0, 0.1) is 0 Å². The average molecular weight is 362 g/mol. The van der Waals surface area contributed by atoms with Crippen molar-refractivity contribution in [1.29, 1.82) is 0 Å². The summed E-state index contributed by atoms with van der Waals surface area (Å²) in [6.45, 7) is 1.59. The molecule has 0 radical (unpaired) electrons. The average Bonchev–Trinajstić information content (AvgIpc) is 2.90. The summed E-state index contributed by atoms with van der Waals surface area (Å²) in [5.74, 6) is 1.03. The Labute approximate surface area is 136 Å². The van der Waals surface area contributed by atoms with Crippen LogP contribution in [0.1, 0.15) is 0 Å². The van der Waals surface area contributed by atoms with Crippen LogP contribution in [0.3, 0.4) is 0 Å². The van der Waals surface area contributed by atoms with Crippen LogP contribution in [0.15, 0.2) is 41.0 Å². The zero-order valence-electron chi connectivity index (χ0n) is 12.0. The molecule has 0 aliphatic heterocycles. The number of hydrogen-bond donors (Lipinski definition) is 3. The van der Waals surface area contributed by atoms with Crippen molar-refractivity contribution in [3.63, 3.8) is 0 Å². The molecule has 0 saturated carbocycles. The van der Waals surface area contributed by atoms with Gasteiger partial charge in [-0.2, -0.15) is 9.61 Å². The Balaban J connectivity index is 2.11. The zero-order valence-corrected chi connectivity index (χ0v) is 13.6. The molecule has 2 heterocycles. The Bertz CT molecular complexity index is 802. The number of phenols is 1. The molecule has 7 heteroatoms. The molecular weight excluding hydrogens is 346 g/mol. The summed E-state index contributed by atoms with van der Waals surface area (Å²) in [5.41, 5.74) is 2.08. The number of hydrogen-bond acceptors (Lipinski definition) is 5. The first-order valence-electron chi connectivity index (χ1n) is 6.92. The van der Waals surface area contributed by atoms with E-state index >= 15 is 0 Å². The normalized spacial score (nSPS) is 11.0. The molecule has 6 nitrogen and oxygen atoms in total. The van der Waals surface area contributed by atoms with Crippen LogP contribution in [-0.4, -0.2) is 39.8 Å². The predicted octanol–water partition coefficient (Wildman–Crippen LogP) is 2.50. The fourth-order valence-electron chi connectivity index (χ4n) is 2.21. The van der Waals surface area contributed by atoms with Crippen LogP contribution in [-0.2, 0) is 0 Å². The van der Waals surface area contributed by atoms with E-state index in [4.69, 9.17) is 0 Å². The van der Waals surface area contributed by atoms with Gasteiger partial charge >= 0.3 is 0 Å². The molecule has 0 amide bonds. The minimum Gasteiger partial charge on any atom is -0.507 e. The van der Waals surface area contributed by atoms with Crippen LogP contribution in [0.2, 0.25) is 0 Å². The van der Waals surface area contributed by atoms with Crippen molar-refractivity contribution in [2.45, 2.75) is 0 Å². The molecule has 114 valence electrons. The van der Waals surface area contributed by atoms with Gasteiger partial charge in [0.15, 0.2) is 5.65 Å². The topological polar surface area (TPSA) is 74.5 Å². The first kappa shape index (κ1) is 14.8. The maximum Gasteiger partial charge on any atom is 0.172 e. The maximum absolute atomic E-state index is 10.1. The summed E-state index contributed by atoms with van der Waals surface area (Å²) < 4.78 is 2.55. The monoisotopic (exact) mass is 361 g/mol. The van der Waals surface area contributed by atoms with Gasteiger partial charge in [0.05, 0.1) is 16.4 Å². The molecule has 22 heavy (non-hydrogen) atoms. The zero-order chi connectivity index (χ0) is 15.5. The standard InChI is InChI=1S/C15H16BrN5O/c1-17-6-7-18-14-8-12(10-4-2-3-5-13(10)22)20-15-11(16)9-19-21(14)15/h2-5,8-9,17-18,22H,6-7H2,1H3. The van der Waals surface area contributed by atoms with Gasteiger partial charge in [-0.25, -0.2) is 4.98 Å². The summed E-state index contributed by atoms with van der Waals surface area (Å²) in [6, 6.07) is 9.05. The lowest BCUT2D eigenvalue weighted by Gasteiger charge is -2.11. The first-order chi connectivity index (χ1) is 10.7. The number of halogens is 1. The lowest BCUT2D eigenvalue weighted by atomic mass is 10.1. The molecular formula is C15H16BrN5O. The van der Waals surface area contributed by atoms with E-state index in [1.54, 1.807) is 22.8 Å². The molecule has 0 fully saturated rings. The number of aromatic hydroxyl groups is 1. The summed E-state index contributed by atoms with van der Waals surface area (Å²) in [4.78, 5) is 4.59. The number of nitrogens with one attached hydrogen (secondary N) is 2. The smallest absolute Gasteiger partial charge is 0.172 e. The van der Waals surface area contributed by atoms with E-state index in [1.165, 1.54) is 0 Å². The molecule has 2 aromatic heterocycles. The fourth-order valence-corrected chi connectivity index (χ4v) is 2.55. The van der Waals surface area contributed by atoms with Crippen molar-refractivity contribution in [1.82, 2.24) is 19.9 Å². The van der Waals surface area contributed by atoms with Crippen molar-refractivity contribution in [3.8, 4) is 17.0 Å². The summed E-state index contributed by atoms with van der Waals surface area (Å²) in [5, 5.41) is 20.8. The van der Waals surface area contributed by atoms with Gasteiger partial charge in [-0.15, -0.1) is 0 Å². The van der Waals surface area contributed by atoms with Crippen LogP contribution in [0.4, 0.5) is 5.82 Å². The van der Waals surface area contributed by atoms with Gasteiger partial charge in [0, 0.05) is 24.7 Å². The van der Waals surface area contributed by atoms with Gasteiger partial charge in [-0.1, -0.05) is 12.1 Å². The van der Waals surface area contributed by atoms with E-state index in [0.29, 0.717) is 16.9 Å². The molecule has 0 unspecified atom stereocenters. The van der Waals surface area contributed by atoms with Crippen molar-refractivity contribution in [3.05, 3.63) is 41.0 Å². The van der Waals surface area contributed by atoms with Gasteiger partial charge in [0.25, 0.3) is 0 Å². The number of aromatic nitrogens is 3. The first-order valence-corrected chi connectivity index (χ1v) is 7.71. The van der Waals surface area contributed by atoms with Crippen molar-refractivity contribution in [2.75, 3.05) is 25.5 Å². The van der Waals surface area contributed by atoms with Gasteiger partial charge < -0.3 is 15.7 Å². The molecule has 3 rings (SSSR count). The van der Waals surface area contributed by atoms with Gasteiger partial charge in [-0.05, 0) is 35.1 Å². The van der Waals surface area contributed by atoms with Crippen molar-refractivity contribution in [2.24, 2.45) is 0 Å². The second-order valence-corrected chi connectivity index (χ2v) is 5.66. The largest absolute Gasteiger partial charge is 0.507 e. The number of likely N-dealkylation sites (N-methyl/N-ethyl adjacent to an activating group) is 1. The number of benzene rings is 1. The van der Waals surface area contributed by atoms with Crippen LogP contribution in [0.25, 0.3) is 16.9 Å². The highest BCUT2D eigenvalue weighted by Gasteiger charge is 2.13. The van der Waals surface area contributed by atoms with Crippen molar-refractivity contribution < 1.29 is 5.11 Å². The fraction of sp³-hybridized carbons (Fsp3) is 0.200. The summed E-state index contributed by atoms with van der Waals surface area (Å²) in [7, 11) is 1.90. The van der Waals surface area contributed by atoms with E-state index in [2.05, 4.69) is 36.6 Å². The third kappa shape index (κ3) is 2.77. The lowest BCUT2D eigenvalue weighted by Crippen LogP contribution is -2.19. The molecule has 1 aromatic carbocycles. The Morgan fingerprint density at radius 3 is 2.86 bits per heavy atom. The van der Waals surface area contributed by atoms with Crippen LogP contribution < -0.4 is 10.6 Å². The molecule has 0 bridgehead atoms. The number of nitrogens with zero attached hydrogens (tertiary/aromatic N) is 3. The predicted molar refractivity (Wildman–Crippen MR) is 90.2 cm³/mol. The number of fused-ring (bicyclic) bond motifs is 1.